The highest BCUT2D eigenvalue weighted by Crippen LogP contribution is 2.22. The Hall–Kier alpha value is -1.39. The number of pyridine rings is 1. The molecule has 2 rings (SSSR count). The van der Waals surface area contributed by atoms with Crippen LogP contribution in [-0.2, 0) is 11.3 Å². The Balaban J connectivity index is 1.95. The average molecular weight is 268 g/mol. The van der Waals surface area contributed by atoms with Gasteiger partial charge in [-0.3, -0.25) is 4.98 Å². The lowest BCUT2D eigenvalue weighted by Crippen LogP contribution is -2.05. The normalized spacial score (nSPS) is 10.2. The predicted molar refractivity (Wildman–Crippen MR) is 67.4 cm³/mol. The molecule has 17 heavy (non-hydrogen) atoms. The number of aryl methyl sites for hydroxylation is 1. The number of hydrogen-bond donors (Lipinski definition) is 0. The smallest absolute Gasteiger partial charge is 0.340 e. The maximum absolute atomic E-state index is 11.6. The minimum absolute atomic E-state index is 0.240. The van der Waals surface area contributed by atoms with Crippen molar-refractivity contribution in [3.63, 3.8) is 0 Å². The summed E-state index contributed by atoms with van der Waals surface area (Å²) in [5.41, 5.74) is 1.32. The third-order valence-electron chi connectivity index (χ3n) is 2.12. The maximum Gasteiger partial charge on any atom is 0.340 e. The van der Waals surface area contributed by atoms with Crippen molar-refractivity contribution in [1.29, 1.82) is 0 Å². The van der Waals surface area contributed by atoms with E-state index in [-0.39, 0.29) is 12.6 Å². The second-order valence-electron chi connectivity index (χ2n) is 3.47. The van der Waals surface area contributed by atoms with E-state index in [1.165, 1.54) is 17.5 Å². The molecule has 0 spiro atoms. The maximum atomic E-state index is 11.6. The number of aromatic nitrogens is 1. The summed E-state index contributed by atoms with van der Waals surface area (Å²) >= 11 is 7.18. The van der Waals surface area contributed by atoms with Gasteiger partial charge in [-0.15, -0.1) is 11.3 Å². The van der Waals surface area contributed by atoms with Crippen LogP contribution in [0.1, 0.15) is 20.9 Å². The van der Waals surface area contributed by atoms with E-state index in [2.05, 4.69) is 4.98 Å². The minimum Gasteiger partial charge on any atom is -0.456 e. The van der Waals surface area contributed by atoms with Gasteiger partial charge in [-0.05, 0) is 31.2 Å². The summed E-state index contributed by atoms with van der Waals surface area (Å²) in [5, 5.41) is 0. The van der Waals surface area contributed by atoms with E-state index >= 15 is 0 Å². The van der Waals surface area contributed by atoms with Gasteiger partial charge < -0.3 is 4.74 Å². The van der Waals surface area contributed by atoms with Crippen molar-refractivity contribution in [3.8, 4) is 0 Å². The van der Waals surface area contributed by atoms with Gasteiger partial charge in [0.05, 0.1) is 9.90 Å². The van der Waals surface area contributed by atoms with Crippen molar-refractivity contribution < 1.29 is 9.53 Å². The number of hydrogen-bond acceptors (Lipinski definition) is 4. The molecule has 0 amide bonds. The second-order valence-corrected chi connectivity index (χ2v) is 5.27. The molecule has 0 saturated heterocycles. The molecule has 0 aliphatic carbocycles. The molecular weight excluding hydrogens is 258 g/mol. The van der Waals surface area contributed by atoms with E-state index in [4.69, 9.17) is 16.3 Å². The van der Waals surface area contributed by atoms with E-state index in [0.29, 0.717) is 9.90 Å². The standard InChI is InChI=1S/C12H10ClNO2S/c1-8-2-3-9(6-14-8)12(15)16-7-10-4-5-11(13)17-10/h2-6H,7H2,1H3. The number of thiophene rings is 1. The topological polar surface area (TPSA) is 39.2 Å². The number of ether oxygens (including phenoxy) is 1. The number of nitrogens with zero attached hydrogens (tertiary/aromatic N) is 1. The van der Waals surface area contributed by atoms with Gasteiger partial charge in [0.15, 0.2) is 0 Å². The molecule has 3 nitrogen and oxygen atoms in total. The predicted octanol–water partition coefficient (Wildman–Crippen LogP) is 3.46. The van der Waals surface area contributed by atoms with Gasteiger partial charge in [0.2, 0.25) is 0 Å². The highest BCUT2D eigenvalue weighted by atomic mass is 35.5. The molecule has 0 fully saturated rings. The van der Waals surface area contributed by atoms with Crippen LogP contribution in [0.15, 0.2) is 30.5 Å². The zero-order valence-corrected chi connectivity index (χ0v) is 10.7. The van der Waals surface area contributed by atoms with Crippen molar-refractivity contribution in [2.24, 2.45) is 0 Å². The third kappa shape index (κ3) is 3.28. The van der Waals surface area contributed by atoms with Gasteiger partial charge in [0, 0.05) is 16.8 Å². The largest absolute Gasteiger partial charge is 0.456 e. The van der Waals surface area contributed by atoms with Gasteiger partial charge in [-0.2, -0.15) is 0 Å². The number of carbonyl (C=O) groups excluding carboxylic acids is 1. The lowest BCUT2D eigenvalue weighted by molar-refractivity contribution is 0.0476. The van der Waals surface area contributed by atoms with Crippen LogP contribution in [0.5, 0.6) is 0 Å². The van der Waals surface area contributed by atoms with E-state index in [9.17, 15) is 4.79 Å². The zero-order chi connectivity index (χ0) is 12.3. The van der Waals surface area contributed by atoms with Gasteiger partial charge in [0.25, 0.3) is 0 Å². The molecule has 2 aromatic heterocycles. The van der Waals surface area contributed by atoms with Crippen LogP contribution < -0.4 is 0 Å². The number of halogens is 1. The first-order valence-electron chi connectivity index (χ1n) is 4.99. The summed E-state index contributed by atoms with van der Waals surface area (Å²) in [7, 11) is 0. The Bertz CT molecular complexity index is 522. The fourth-order valence-corrected chi connectivity index (χ4v) is 2.24. The number of rotatable bonds is 3. The van der Waals surface area contributed by atoms with Gasteiger partial charge in [0.1, 0.15) is 6.61 Å². The van der Waals surface area contributed by atoms with Crippen molar-refractivity contribution >= 4 is 28.9 Å². The van der Waals surface area contributed by atoms with E-state index in [0.717, 1.165) is 10.6 Å². The molecule has 0 N–H and O–H groups in total. The molecule has 2 heterocycles. The molecule has 0 bridgehead atoms. The van der Waals surface area contributed by atoms with E-state index in [1.807, 2.05) is 13.0 Å². The molecule has 0 unspecified atom stereocenters. The summed E-state index contributed by atoms with van der Waals surface area (Å²) in [5.74, 6) is -0.373. The second kappa shape index (κ2) is 5.29. The van der Waals surface area contributed by atoms with Crippen LogP contribution in [0.4, 0.5) is 0 Å². The average Bonchev–Trinajstić information content (AvgIpc) is 2.73. The zero-order valence-electron chi connectivity index (χ0n) is 9.14. The molecular formula is C12H10ClNO2S. The molecule has 0 saturated carbocycles. The van der Waals surface area contributed by atoms with Crippen LogP contribution >= 0.6 is 22.9 Å². The quantitative estimate of drug-likeness (QED) is 0.800. The SMILES string of the molecule is Cc1ccc(C(=O)OCc2ccc(Cl)s2)cn1. The molecule has 0 aliphatic rings. The Morgan fingerprint density at radius 1 is 1.41 bits per heavy atom. The summed E-state index contributed by atoms with van der Waals surface area (Å²) in [6.45, 7) is 2.10. The van der Waals surface area contributed by atoms with E-state index in [1.54, 1.807) is 18.2 Å². The summed E-state index contributed by atoms with van der Waals surface area (Å²) in [6.07, 6.45) is 1.51. The fraction of sp³-hybridized carbons (Fsp3) is 0.167. The third-order valence-corrected chi connectivity index (χ3v) is 3.33. The fourth-order valence-electron chi connectivity index (χ4n) is 1.24. The van der Waals surface area contributed by atoms with Crippen molar-refractivity contribution in [3.05, 3.63) is 50.9 Å². The lowest BCUT2D eigenvalue weighted by Gasteiger charge is -2.02. The van der Waals surface area contributed by atoms with Crippen LogP contribution in [0.25, 0.3) is 0 Å². The van der Waals surface area contributed by atoms with Gasteiger partial charge in [-0.25, -0.2) is 4.79 Å². The van der Waals surface area contributed by atoms with E-state index < -0.39 is 0 Å². The van der Waals surface area contributed by atoms with Gasteiger partial charge in [-0.1, -0.05) is 11.6 Å². The van der Waals surface area contributed by atoms with Gasteiger partial charge >= 0.3 is 5.97 Å². The summed E-state index contributed by atoms with van der Waals surface area (Å²) in [6, 6.07) is 7.10. The lowest BCUT2D eigenvalue weighted by atomic mass is 10.2. The molecule has 2 aromatic rings. The minimum atomic E-state index is -0.373. The Labute approximate surface area is 108 Å². The highest BCUT2D eigenvalue weighted by molar-refractivity contribution is 7.16. The molecule has 0 radical (unpaired) electrons. The number of carbonyl (C=O) groups is 1. The highest BCUT2D eigenvalue weighted by Gasteiger charge is 2.08. The summed E-state index contributed by atoms with van der Waals surface area (Å²) < 4.78 is 5.83. The van der Waals surface area contributed by atoms with Crippen LogP contribution in [-0.4, -0.2) is 11.0 Å². The first kappa shape index (κ1) is 12.1. The summed E-state index contributed by atoms with van der Waals surface area (Å²) in [4.78, 5) is 16.6. The molecule has 0 atom stereocenters. The Morgan fingerprint density at radius 2 is 2.24 bits per heavy atom. The van der Waals surface area contributed by atoms with Crippen molar-refractivity contribution in [2.75, 3.05) is 0 Å². The molecule has 88 valence electrons. The van der Waals surface area contributed by atoms with Crippen molar-refractivity contribution in [1.82, 2.24) is 4.98 Å². The molecule has 0 aliphatic heterocycles. The van der Waals surface area contributed by atoms with Crippen LogP contribution in [0, 0.1) is 6.92 Å². The molecule has 0 aromatic carbocycles. The van der Waals surface area contributed by atoms with Crippen LogP contribution in [0.2, 0.25) is 4.34 Å². The first-order valence-corrected chi connectivity index (χ1v) is 6.18. The number of esters is 1. The van der Waals surface area contributed by atoms with Crippen molar-refractivity contribution in [2.45, 2.75) is 13.5 Å². The Morgan fingerprint density at radius 3 is 2.82 bits per heavy atom. The van der Waals surface area contributed by atoms with Crippen LogP contribution in [0.3, 0.4) is 0 Å². The Kier molecular flexibility index (Phi) is 3.76. The monoisotopic (exact) mass is 267 g/mol. The first-order chi connectivity index (χ1) is 8.15. The molecule has 5 heteroatoms.